The molecule has 190 valence electrons. The fourth-order valence-electron chi connectivity index (χ4n) is 4.32. The molecule has 6 aromatic heterocycles. The van der Waals surface area contributed by atoms with Gasteiger partial charge in [0.2, 0.25) is 5.91 Å². The van der Waals surface area contributed by atoms with Crippen molar-refractivity contribution in [1.82, 2.24) is 44.7 Å². The Bertz CT molecular complexity index is 1800. The smallest absolute Gasteiger partial charge is 0.224 e. The van der Waals surface area contributed by atoms with Crippen molar-refractivity contribution in [2.45, 2.75) is 33.1 Å². The molecule has 6 aromatic rings. The van der Waals surface area contributed by atoms with Crippen molar-refractivity contribution < 1.29 is 9.18 Å². The highest BCUT2D eigenvalue weighted by molar-refractivity contribution is 5.96. The number of aromatic amines is 2. The fourth-order valence-corrected chi connectivity index (χ4v) is 4.32. The number of aromatic nitrogens is 9. The number of carbonyl (C=O) groups excluding carboxylic acids is 1. The number of rotatable bonds is 7. The van der Waals surface area contributed by atoms with Crippen LogP contribution in [0.4, 0.5) is 10.1 Å². The number of aryl methyl sites for hydroxylation is 1. The summed E-state index contributed by atoms with van der Waals surface area (Å²) in [5.74, 6) is -0.342. The molecule has 0 aromatic carbocycles. The average molecular weight is 511 g/mol. The summed E-state index contributed by atoms with van der Waals surface area (Å²) in [4.78, 5) is 37.2. The van der Waals surface area contributed by atoms with E-state index in [1.165, 1.54) is 18.6 Å². The number of nitrogens with zero attached hydrogens (tertiary/aromatic N) is 7. The molecular weight excluding hydrogens is 487 g/mol. The number of pyridine rings is 3. The first-order chi connectivity index (χ1) is 18.5. The van der Waals surface area contributed by atoms with E-state index in [1.807, 2.05) is 30.7 Å². The highest BCUT2D eigenvalue weighted by atomic mass is 19.1. The van der Waals surface area contributed by atoms with Crippen molar-refractivity contribution in [3.63, 3.8) is 0 Å². The summed E-state index contributed by atoms with van der Waals surface area (Å²) < 4.78 is 17.8. The molecule has 11 nitrogen and oxygen atoms in total. The van der Waals surface area contributed by atoms with E-state index in [2.05, 4.69) is 40.4 Å². The quantitative estimate of drug-likeness (QED) is 0.282. The van der Waals surface area contributed by atoms with E-state index in [0.29, 0.717) is 45.9 Å². The van der Waals surface area contributed by atoms with Gasteiger partial charge in [-0.3, -0.25) is 19.9 Å². The third-order valence-electron chi connectivity index (χ3n) is 6.17. The molecule has 3 N–H and O–H groups in total. The van der Waals surface area contributed by atoms with Gasteiger partial charge in [-0.15, -0.1) is 0 Å². The van der Waals surface area contributed by atoms with Crippen LogP contribution < -0.4 is 5.32 Å². The lowest BCUT2D eigenvalue weighted by atomic mass is 10.1. The molecule has 0 fully saturated rings. The number of anilines is 1. The van der Waals surface area contributed by atoms with Crippen LogP contribution in [0.3, 0.4) is 0 Å². The summed E-state index contributed by atoms with van der Waals surface area (Å²) in [5, 5.41) is 10.2. The molecule has 0 saturated heterocycles. The molecule has 1 amide bonds. The molecule has 0 aliphatic heterocycles. The number of unbranched alkanes of at least 4 members (excludes halogenated alkanes) is 1. The minimum Gasteiger partial charge on any atom is -0.325 e. The van der Waals surface area contributed by atoms with Crippen molar-refractivity contribution in [1.29, 1.82) is 0 Å². The Morgan fingerprint density at radius 1 is 1.16 bits per heavy atom. The van der Waals surface area contributed by atoms with E-state index in [4.69, 9.17) is 4.98 Å². The Morgan fingerprint density at radius 2 is 2.05 bits per heavy atom. The summed E-state index contributed by atoms with van der Waals surface area (Å²) in [6, 6.07) is 3.48. The maximum Gasteiger partial charge on any atom is 0.224 e. The molecule has 38 heavy (non-hydrogen) atoms. The summed E-state index contributed by atoms with van der Waals surface area (Å²) in [7, 11) is 0. The van der Waals surface area contributed by atoms with Crippen molar-refractivity contribution in [3.8, 4) is 28.5 Å². The second kappa shape index (κ2) is 9.47. The Kier molecular flexibility index (Phi) is 5.83. The van der Waals surface area contributed by atoms with E-state index >= 15 is 4.39 Å². The first-order valence-electron chi connectivity index (χ1n) is 12.2. The first kappa shape index (κ1) is 23.4. The van der Waals surface area contributed by atoms with Crippen LogP contribution >= 0.6 is 0 Å². The van der Waals surface area contributed by atoms with Gasteiger partial charge in [0.15, 0.2) is 17.3 Å². The molecule has 6 rings (SSSR count). The number of amides is 1. The predicted octanol–water partition coefficient (Wildman–Crippen LogP) is 4.72. The van der Waals surface area contributed by atoms with Gasteiger partial charge in [-0.05, 0) is 25.5 Å². The van der Waals surface area contributed by atoms with Crippen LogP contribution in [-0.4, -0.2) is 50.6 Å². The Balaban J connectivity index is 1.41. The number of fused-ring (bicyclic) bond motifs is 2. The first-order valence-corrected chi connectivity index (χ1v) is 12.2. The third kappa shape index (κ3) is 4.15. The molecule has 0 radical (unpaired) electrons. The minimum absolute atomic E-state index is 0.0844. The summed E-state index contributed by atoms with van der Waals surface area (Å²) >= 11 is 0. The highest BCUT2D eigenvalue weighted by Gasteiger charge is 2.22. The summed E-state index contributed by atoms with van der Waals surface area (Å²) in [6.45, 7) is 3.92. The van der Waals surface area contributed by atoms with E-state index in [0.717, 1.165) is 24.2 Å². The predicted molar refractivity (Wildman–Crippen MR) is 140 cm³/mol. The number of nitrogens with one attached hydrogen (secondary N) is 3. The standard InChI is InChI=1S/C26H23FN10O/c1-3-4-5-19(38)32-16-8-15(9-28-10-16)22-21(27)20-17(11-30-22)35-36-24(20)26-33-23-18(6-7-29-25(23)34-26)37-12-14(2)31-13-37/h6-13H,3-5H2,1-2H3,(H,32,38)(H,35,36)(H,29,33,34). The van der Waals surface area contributed by atoms with Crippen molar-refractivity contribution in [2.75, 3.05) is 5.32 Å². The minimum atomic E-state index is -0.582. The molecule has 0 atom stereocenters. The molecular formula is C26H23FN10O. The largest absolute Gasteiger partial charge is 0.325 e. The second-order valence-corrected chi connectivity index (χ2v) is 8.93. The number of hydrogen-bond donors (Lipinski definition) is 3. The average Bonchev–Trinajstić information content (AvgIpc) is 3.65. The number of hydrogen-bond acceptors (Lipinski definition) is 7. The normalized spacial score (nSPS) is 11.4. The SMILES string of the molecule is CCCCC(=O)Nc1cncc(-c2ncc3[nH]nc(-c4nc5c(-n6cnc(C)c6)ccnc5[nH]4)c3c2F)c1. The van der Waals surface area contributed by atoms with Crippen molar-refractivity contribution in [2.24, 2.45) is 0 Å². The van der Waals surface area contributed by atoms with Gasteiger partial charge in [0, 0.05) is 30.6 Å². The van der Waals surface area contributed by atoms with Crippen LogP contribution in [0.2, 0.25) is 0 Å². The molecule has 0 aliphatic rings. The zero-order valence-corrected chi connectivity index (χ0v) is 20.7. The van der Waals surface area contributed by atoms with Gasteiger partial charge < -0.3 is 14.9 Å². The molecule has 6 heterocycles. The van der Waals surface area contributed by atoms with Crippen molar-refractivity contribution >= 4 is 33.7 Å². The lowest BCUT2D eigenvalue weighted by Crippen LogP contribution is -2.11. The second-order valence-electron chi connectivity index (χ2n) is 8.93. The summed E-state index contributed by atoms with van der Waals surface area (Å²) in [5.41, 5.74) is 4.47. The number of carbonyl (C=O) groups is 1. The fraction of sp³-hybridized carbons (Fsp3) is 0.192. The molecule has 0 bridgehead atoms. The third-order valence-corrected chi connectivity index (χ3v) is 6.17. The Hall–Kier alpha value is -5.00. The van der Waals surface area contributed by atoms with Crippen LogP contribution in [-0.2, 0) is 4.79 Å². The van der Waals surface area contributed by atoms with Gasteiger partial charge in [0.05, 0.1) is 46.7 Å². The molecule has 12 heteroatoms. The zero-order valence-electron chi connectivity index (χ0n) is 20.7. The van der Waals surface area contributed by atoms with Gasteiger partial charge in [0.1, 0.15) is 16.9 Å². The Labute approximate surface area is 215 Å². The van der Waals surface area contributed by atoms with E-state index in [9.17, 15) is 4.79 Å². The highest BCUT2D eigenvalue weighted by Crippen LogP contribution is 2.33. The van der Waals surface area contributed by atoms with Gasteiger partial charge >= 0.3 is 0 Å². The van der Waals surface area contributed by atoms with Crippen LogP contribution in [0.15, 0.2) is 49.4 Å². The molecule has 0 unspecified atom stereocenters. The van der Waals surface area contributed by atoms with Crippen molar-refractivity contribution in [3.05, 3.63) is 61.0 Å². The lowest BCUT2D eigenvalue weighted by molar-refractivity contribution is -0.116. The van der Waals surface area contributed by atoms with E-state index < -0.39 is 5.82 Å². The maximum absolute atomic E-state index is 16.0. The topological polar surface area (TPSA) is 143 Å². The number of halogens is 1. The van der Waals surface area contributed by atoms with Crippen LogP contribution in [0, 0.1) is 12.7 Å². The lowest BCUT2D eigenvalue weighted by Gasteiger charge is -2.08. The van der Waals surface area contributed by atoms with E-state index in [1.54, 1.807) is 18.6 Å². The van der Waals surface area contributed by atoms with Gasteiger partial charge in [-0.2, -0.15) is 5.10 Å². The monoisotopic (exact) mass is 510 g/mol. The Morgan fingerprint density at radius 3 is 2.87 bits per heavy atom. The molecule has 0 aliphatic carbocycles. The number of imidazole rings is 2. The van der Waals surface area contributed by atoms with Crippen LogP contribution in [0.1, 0.15) is 31.9 Å². The summed E-state index contributed by atoms with van der Waals surface area (Å²) in [6.07, 6.45) is 11.9. The maximum atomic E-state index is 16.0. The van der Waals surface area contributed by atoms with E-state index in [-0.39, 0.29) is 17.0 Å². The number of H-pyrrole nitrogens is 2. The van der Waals surface area contributed by atoms with Crippen LogP contribution in [0.25, 0.3) is 50.5 Å². The molecule has 0 saturated carbocycles. The van der Waals surface area contributed by atoms with Gasteiger partial charge in [-0.1, -0.05) is 13.3 Å². The van der Waals surface area contributed by atoms with Gasteiger partial charge in [0.25, 0.3) is 0 Å². The van der Waals surface area contributed by atoms with Gasteiger partial charge in [-0.25, -0.2) is 19.3 Å². The molecule has 0 spiro atoms. The zero-order chi connectivity index (χ0) is 26.2. The van der Waals surface area contributed by atoms with Crippen LogP contribution in [0.5, 0.6) is 0 Å².